The number of anilines is 1. The minimum absolute atomic E-state index is 0.0679. The van der Waals surface area contributed by atoms with E-state index in [-0.39, 0.29) is 18.1 Å². The SMILES string of the molecule is COc1ccc(CN2C(=O)C=C(N3C(=O)c4ccc(Br)c5cccc3c45)C2=O)cc1. The quantitative estimate of drug-likeness (QED) is 0.549. The van der Waals surface area contributed by atoms with Crippen LogP contribution in [0.15, 0.2) is 70.8 Å². The third-order valence-corrected chi connectivity index (χ3v) is 6.06. The topological polar surface area (TPSA) is 66.9 Å². The molecule has 0 unspecified atom stereocenters. The van der Waals surface area contributed by atoms with Crippen LogP contribution in [0, 0.1) is 0 Å². The van der Waals surface area contributed by atoms with E-state index in [1.807, 2.05) is 18.2 Å². The minimum atomic E-state index is -0.493. The van der Waals surface area contributed by atoms with Gasteiger partial charge in [0.25, 0.3) is 17.7 Å². The van der Waals surface area contributed by atoms with Crippen LogP contribution in [0.25, 0.3) is 10.8 Å². The average molecular weight is 463 g/mol. The minimum Gasteiger partial charge on any atom is -0.497 e. The summed E-state index contributed by atoms with van der Waals surface area (Å²) in [6, 6.07) is 16.2. The Hall–Kier alpha value is -3.45. The number of rotatable bonds is 4. The number of hydrogen-bond acceptors (Lipinski definition) is 4. The van der Waals surface area contributed by atoms with Crippen molar-refractivity contribution in [2.75, 3.05) is 12.0 Å². The van der Waals surface area contributed by atoms with Gasteiger partial charge in [-0.25, -0.2) is 0 Å². The molecule has 7 heteroatoms. The molecule has 0 atom stereocenters. The van der Waals surface area contributed by atoms with E-state index in [9.17, 15) is 14.4 Å². The number of halogens is 1. The van der Waals surface area contributed by atoms with Crippen molar-refractivity contribution in [1.82, 2.24) is 4.90 Å². The summed E-state index contributed by atoms with van der Waals surface area (Å²) in [5.41, 5.74) is 1.97. The van der Waals surface area contributed by atoms with Gasteiger partial charge in [0.05, 0.1) is 24.9 Å². The van der Waals surface area contributed by atoms with Crippen LogP contribution < -0.4 is 9.64 Å². The van der Waals surface area contributed by atoms with E-state index in [0.29, 0.717) is 17.0 Å². The summed E-state index contributed by atoms with van der Waals surface area (Å²) in [4.78, 5) is 41.4. The summed E-state index contributed by atoms with van der Waals surface area (Å²) in [6.45, 7) is 0.117. The lowest BCUT2D eigenvalue weighted by atomic mass is 10.1. The van der Waals surface area contributed by atoms with Crippen molar-refractivity contribution in [2.24, 2.45) is 0 Å². The van der Waals surface area contributed by atoms with Crippen LogP contribution in [0.3, 0.4) is 0 Å². The molecule has 0 radical (unpaired) electrons. The predicted molar refractivity (Wildman–Crippen MR) is 115 cm³/mol. The molecule has 30 heavy (non-hydrogen) atoms. The molecule has 0 spiro atoms. The molecule has 3 amide bonds. The first-order valence-electron chi connectivity index (χ1n) is 9.25. The Labute approximate surface area is 180 Å². The zero-order valence-electron chi connectivity index (χ0n) is 15.9. The Kier molecular flexibility index (Phi) is 4.22. The molecule has 5 rings (SSSR count). The van der Waals surface area contributed by atoms with Crippen molar-refractivity contribution in [3.63, 3.8) is 0 Å². The van der Waals surface area contributed by atoms with Crippen LogP contribution in [-0.4, -0.2) is 29.7 Å². The first-order chi connectivity index (χ1) is 14.5. The monoisotopic (exact) mass is 462 g/mol. The number of carbonyl (C=O) groups excluding carboxylic acids is 3. The van der Waals surface area contributed by atoms with Crippen LogP contribution >= 0.6 is 15.9 Å². The zero-order valence-corrected chi connectivity index (χ0v) is 17.5. The molecule has 0 saturated carbocycles. The second kappa shape index (κ2) is 6.81. The molecule has 0 fully saturated rings. The van der Waals surface area contributed by atoms with Gasteiger partial charge in [-0.15, -0.1) is 0 Å². The maximum Gasteiger partial charge on any atom is 0.278 e. The second-order valence-corrected chi connectivity index (χ2v) is 7.90. The molecular formula is C23H15BrN2O4. The lowest BCUT2D eigenvalue weighted by Crippen LogP contribution is -2.36. The highest BCUT2D eigenvalue weighted by Gasteiger charge is 2.41. The second-order valence-electron chi connectivity index (χ2n) is 7.04. The van der Waals surface area contributed by atoms with Crippen LogP contribution in [0.5, 0.6) is 5.75 Å². The van der Waals surface area contributed by atoms with Gasteiger partial charge in [0.2, 0.25) is 0 Å². The van der Waals surface area contributed by atoms with E-state index in [1.54, 1.807) is 43.5 Å². The largest absolute Gasteiger partial charge is 0.497 e. The van der Waals surface area contributed by atoms with E-state index in [2.05, 4.69) is 15.9 Å². The van der Waals surface area contributed by atoms with Crippen LogP contribution in [0.1, 0.15) is 15.9 Å². The third-order valence-electron chi connectivity index (χ3n) is 5.37. The fraction of sp³-hybridized carbons (Fsp3) is 0.0870. The van der Waals surface area contributed by atoms with E-state index in [4.69, 9.17) is 4.74 Å². The van der Waals surface area contributed by atoms with Gasteiger partial charge >= 0.3 is 0 Å². The summed E-state index contributed by atoms with van der Waals surface area (Å²) in [6.07, 6.45) is 1.24. The number of carbonyl (C=O) groups is 3. The number of nitrogens with zero attached hydrogens (tertiary/aromatic N) is 2. The molecule has 0 bridgehead atoms. The molecule has 0 saturated heterocycles. The summed E-state index contributed by atoms with van der Waals surface area (Å²) in [5.74, 6) is -0.556. The van der Waals surface area contributed by atoms with Gasteiger partial charge in [-0.05, 0) is 41.3 Å². The van der Waals surface area contributed by atoms with E-state index < -0.39 is 11.8 Å². The molecule has 0 aromatic heterocycles. The molecule has 2 heterocycles. The van der Waals surface area contributed by atoms with E-state index in [0.717, 1.165) is 25.7 Å². The Morgan fingerprint density at radius 2 is 1.70 bits per heavy atom. The highest BCUT2D eigenvalue weighted by Crippen LogP contribution is 2.42. The number of methoxy groups -OCH3 is 1. The van der Waals surface area contributed by atoms with Gasteiger partial charge in [0, 0.05) is 15.9 Å². The summed E-state index contributed by atoms with van der Waals surface area (Å²) in [5, 5.41) is 1.65. The number of imide groups is 1. The van der Waals surface area contributed by atoms with Crippen LogP contribution in [0.2, 0.25) is 0 Å². The molecule has 2 aliphatic rings. The van der Waals surface area contributed by atoms with Crippen molar-refractivity contribution in [1.29, 1.82) is 0 Å². The molecule has 6 nitrogen and oxygen atoms in total. The molecule has 0 aliphatic carbocycles. The number of amides is 3. The fourth-order valence-corrected chi connectivity index (χ4v) is 4.37. The molecule has 2 aliphatic heterocycles. The highest BCUT2D eigenvalue weighted by atomic mass is 79.9. The van der Waals surface area contributed by atoms with Crippen LogP contribution in [0.4, 0.5) is 5.69 Å². The number of hydrogen-bond donors (Lipinski definition) is 0. The Bertz CT molecular complexity index is 1280. The predicted octanol–water partition coefficient (Wildman–Crippen LogP) is 4.02. The van der Waals surface area contributed by atoms with Crippen molar-refractivity contribution in [3.8, 4) is 5.75 Å². The summed E-state index contributed by atoms with van der Waals surface area (Å²) < 4.78 is 6.00. The first kappa shape index (κ1) is 18.6. The molecule has 3 aromatic carbocycles. The molecular weight excluding hydrogens is 448 g/mol. The van der Waals surface area contributed by atoms with Gasteiger partial charge < -0.3 is 4.74 Å². The summed E-state index contributed by atoms with van der Waals surface area (Å²) >= 11 is 3.51. The van der Waals surface area contributed by atoms with Gasteiger partial charge in [-0.1, -0.05) is 40.2 Å². The number of benzene rings is 3. The average Bonchev–Trinajstić information content (AvgIpc) is 3.19. The molecule has 3 aromatic rings. The van der Waals surface area contributed by atoms with Gasteiger partial charge in [-0.3, -0.25) is 24.2 Å². The standard InChI is InChI=1S/C23H15BrN2O4/c1-30-14-7-5-13(6-8-14)12-25-20(27)11-19(23(25)29)26-18-4-2-3-15-17(24)10-9-16(21(15)18)22(26)28/h2-11H,12H2,1H3. The van der Waals surface area contributed by atoms with Crippen molar-refractivity contribution < 1.29 is 19.1 Å². The van der Waals surface area contributed by atoms with E-state index in [1.165, 1.54) is 11.0 Å². The Balaban J connectivity index is 1.49. The fourth-order valence-electron chi connectivity index (χ4n) is 3.90. The maximum absolute atomic E-state index is 13.1. The Morgan fingerprint density at radius 3 is 2.43 bits per heavy atom. The van der Waals surface area contributed by atoms with Gasteiger partial charge in [0.1, 0.15) is 11.4 Å². The maximum atomic E-state index is 13.1. The van der Waals surface area contributed by atoms with Crippen molar-refractivity contribution >= 4 is 50.1 Å². The third kappa shape index (κ3) is 2.66. The smallest absolute Gasteiger partial charge is 0.278 e. The highest BCUT2D eigenvalue weighted by molar-refractivity contribution is 9.10. The normalized spacial score (nSPS) is 15.4. The first-order valence-corrected chi connectivity index (χ1v) is 10.0. The lowest BCUT2D eigenvalue weighted by Gasteiger charge is -2.20. The van der Waals surface area contributed by atoms with Crippen LogP contribution in [-0.2, 0) is 16.1 Å². The Morgan fingerprint density at radius 1 is 0.933 bits per heavy atom. The molecule has 148 valence electrons. The van der Waals surface area contributed by atoms with E-state index >= 15 is 0 Å². The van der Waals surface area contributed by atoms with Gasteiger partial charge in [0.15, 0.2) is 0 Å². The van der Waals surface area contributed by atoms with Crippen molar-refractivity contribution in [3.05, 3.63) is 82.0 Å². The van der Waals surface area contributed by atoms with Crippen molar-refractivity contribution in [2.45, 2.75) is 6.54 Å². The molecule has 0 N–H and O–H groups in total. The summed E-state index contributed by atoms with van der Waals surface area (Å²) in [7, 11) is 1.57. The zero-order chi connectivity index (χ0) is 21.0. The number of ether oxygens (including phenoxy) is 1. The lowest BCUT2D eigenvalue weighted by molar-refractivity contribution is -0.137. The van der Waals surface area contributed by atoms with Gasteiger partial charge in [-0.2, -0.15) is 0 Å².